The number of aliphatic imine (C=N–C) groups is 1. The number of rotatable bonds is 5. The van der Waals surface area contributed by atoms with Crippen LogP contribution in [-0.4, -0.2) is 18.0 Å². The molecule has 0 bridgehead atoms. The van der Waals surface area contributed by atoms with Crippen LogP contribution in [-0.2, 0) is 19.5 Å². The molecule has 0 saturated heterocycles. The Morgan fingerprint density at radius 2 is 2.10 bits per heavy atom. The Morgan fingerprint density at radius 3 is 2.76 bits per heavy atom. The Labute approximate surface area is 130 Å². The Morgan fingerprint density at radius 1 is 1.29 bits per heavy atom. The molecule has 0 aliphatic rings. The number of thiazole rings is 1. The molecule has 0 fully saturated rings. The molecular weight excluding hydrogens is 280 g/mol. The van der Waals surface area contributed by atoms with Crippen LogP contribution < -0.4 is 10.6 Å². The van der Waals surface area contributed by atoms with Gasteiger partial charge in [0.1, 0.15) is 5.01 Å². The second-order valence-corrected chi connectivity index (χ2v) is 6.04. The van der Waals surface area contributed by atoms with Crippen LogP contribution in [0.15, 0.2) is 35.5 Å². The van der Waals surface area contributed by atoms with Crippen LogP contribution in [0.5, 0.6) is 0 Å². The lowest BCUT2D eigenvalue weighted by Crippen LogP contribution is -2.36. The van der Waals surface area contributed by atoms with E-state index < -0.39 is 0 Å². The smallest absolute Gasteiger partial charge is 0.191 e. The minimum Gasteiger partial charge on any atom is -0.352 e. The third kappa shape index (κ3) is 4.86. The Balaban J connectivity index is 1.83. The summed E-state index contributed by atoms with van der Waals surface area (Å²) in [5.74, 6) is 0.796. The first kappa shape index (κ1) is 15.5. The zero-order valence-electron chi connectivity index (χ0n) is 12.8. The fourth-order valence-corrected chi connectivity index (χ4v) is 2.78. The van der Waals surface area contributed by atoms with Gasteiger partial charge in [0.05, 0.1) is 6.54 Å². The van der Waals surface area contributed by atoms with E-state index in [2.05, 4.69) is 58.7 Å². The average molecular weight is 302 g/mol. The lowest BCUT2D eigenvalue weighted by Gasteiger charge is -2.11. The highest BCUT2D eigenvalue weighted by molar-refractivity contribution is 7.11. The molecule has 1 heterocycles. The van der Waals surface area contributed by atoms with Crippen LogP contribution in [0.25, 0.3) is 0 Å². The molecule has 0 atom stereocenters. The maximum Gasteiger partial charge on any atom is 0.191 e. The Hall–Kier alpha value is -1.88. The van der Waals surface area contributed by atoms with E-state index in [0.29, 0.717) is 6.54 Å². The summed E-state index contributed by atoms with van der Waals surface area (Å²) in [7, 11) is 1.78. The summed E-state index contributed by atoms with van der Waals surface area (Å²) in [6.07, 6.45) is 2.99. The van der Waals surface area contributed by atoms with Gasteiger partial charge >= 0.3 is 0 Å². The predicted molar refractivity (Wildman–Crippen MR) is 89.7 cm³/mol. The number of hydrogen-bond donors (Lipinski definition) is 2. The summed E-state index contributed by atoms with van der Waals surface area (Å²) in [5.41, 5.74) is 2.52. The lowest BCUT2D eigenvalue weighted by atomic mass is 10.1. The predicted octanol–water partition coefficient (Wildman–Crippen LogP) is 2.88. The average Bonchev–Trinajstić information content (AvgIpc) is 2.95. The van der Waals surface area contributed by atoms with Crippen molar-refractivity contribution in [3.05, 3.63) is 51.5 Å². The second kappa shape index (κ2) is 7.78. The zero-order chi connectivity index (χ0) is 15.1. The molecular formula is C16H22N4S. The molecule has 5 heteroatoms. The van der Waals surface area contributed by atoms with Gasteiger partial charge in [0.2, 0.25) is 0 Å². The van der Waals surface area contributed by atoms with E-state index in [1.807, 2.05) is 6.20 Å². The van der Waals surface area contributed by atoms with Crippen molar-refractivity contribution in [3.8, 4) is 0 Å². The van der Waals surface area contributed by atoms with Gasteiger partial charge in [-0.25, -0.2) is 4.98 Å². The van der Waals surface area contributed by atoms with E-state index in [9.17, 15) is 0 Å². The third-order valence-electron chi connectivity index (χ3n) is 3.12. The largest absolute Gasteiger partial charge is 0.352 e. The fraction of sp³-hybridized carbons (Fsp3) is 0.375. The summed E-state index contributed by atoms with van der Waals surface area (Å²) in [5, 5.41) is 7.70. The summed E-state index contributed by atoms with van der Waals surface area (Å²) < 4.78 is 0. The Kier molecular flexibility index (Phi) is 5.75. The molecule has 2 N–H and O–H groups in total. The molecule has 1 aromatic carbocycles. The van der Waals surface area contributed by atoms with Gasteiger partial charge in [0.15, 0.2) is 5.96 Å². The fourth-order valence-electron chi connectivity index (χ4n) is 1.98. The number of hydrogen-bond acceptors (Lipinski definition) is 3. The van der Waals surface area contributed by atoms with Crippen molar-refractivity contribution >= 4 is 17.3 Å². The molecule has 0 aliphatic carbocycles. The van der Waals surface area contributed by atoms with E-state index in [-0.39, 0.29) is 0 Å². The van der Waals surface area contributed by atoms with E-state index >= 15 is 0 Å². The van der Waals surface area contributed by atoms with Crippen molar-refractivity contribution in [2.24, 2.45) is 4.99 Å². The standard InChI is InChI=1S/C16H22N4S/c1-4-14-10-18-15(21-14)11-20-16(17-3)19-9-13-7-5-6-12(2)8-13/h5-8,10H,4,9,11H2,1-3H3,(H2,17,19,20). The molecule has 21 heavy (non-hydrogen) atoms. The zero-order valence-corrected chi connectivity index (χ0v) is 13.6. The van der Waals surface area contributed by atoms with Crippen molar-refractivity contribution in [1.82, 2.24) is 15.6 Å². The molecule has 112 valence electrons. The minimum absolute atomic E-state index is 0.707. The van der Waals surface area contributed by atoms with Gasteiger partial charge in [-0.3, -0.25) is 4.99 Å². The van der Waals surface area contributed by atoms with E-state index in [1.54, 1.807) is 18.4 Å². The first-order valence-electron chi connectivity index (χ1n) is 7.15. The highest BCUT2D eigenvalue weighted by atomic mass is 32.1. The van der Waals surface area contributed by atoms with Crippen LogP contribution >= 0.6 is 11.3 Å². The van der Waals surface area contributed by atoms with Gasteiger partial charge in [0.25, 0.3) is 0 Å². The van der Waals surface area contributed by atoms with Gasteiger partial charge in [-0.15, -0.1) is 11.3 Å². The number of aromatic nitrogens is 1. The van der Waals surface area contributed by atoms with E-state index in [1.165, 1.54) is 16.0 Å². The van der Waals surface area contributed by atoms with Crippen LogP contribution in [0.4, 0.5) is 0 Å². The summed E-state index contributed by atoms with van der Waals surface area (Å²) in [6, 6.07) is 8.46. The molecule has 0 saturated carbocycles. The third-order valence-corrected chi connectivity index (χ3v) is 4.26. The maximum absolute atomic E-state index is 4.40. The normalized spacial score (nSPS) is 11.5. The van der Waals surface area contributed by atoms with Gasteiger partial charge in [-0.2, -0.15) is 0 Å². The maximum atomic E-state index is 4.40. The van der Waals surface area contributed by atoms with Crippen molar-refractivity contribution in [1.29, 1.82) is 0 Å². The number of nitrogens with zero attached hydrogens (tertiary/aromatic N) is 2. The van der Waals surface area contributed by atoms with Gasteiger partial charge in [0, 0.05) is 24.7 Å². The molecule has 0 unspecified atom stereocenters. The molecule has 0 radical (unpaired) electrons. The molecule has 2 rings (SSSR count). The van der Waals surface area contributed by atoms with Crippen LogP contribution in [0.2, 0.25) is 0 Å². The SMILES string of the molecule is CCc1cnc(CNC(=NC)NCc2cccc(C)c2)s1. The monoisotopic (exact) mass is 302 g/mol. The summed E-state index contributed by atoms with van der Waals surface area (Å²) in [6.45, 7) is 5.72. The minimum atomic E-state index is 0.707. The Bertz CT molecular complexity index is 604. The first-order valence-corrected chi connectivity index (χ1v) is 7.96. The highest BCUT2D eigenvalue weighted by Crippen LogP contribution is 2.12. The van der Waals surface area contributed by atoms with E-state index in [4.69, 9.17) is 0 Å². The molecule has 0 amide bonds. The second-order valence-electron chi connectivity index (χ2n) is 4.84. The molecule has 0 aliphatic heterocycles. The molecule has 0 spiro atoms. The quantitative estimate of drug-likeness (QED) is 0.659. The summed E-state index contributed by atoms with van der Waals surface area (Å²) in [4.78, 5) is 9.95. The topological polar surface area (TPSA) is 49.3 Å². The lowest BCUT2D eigenvalue weighted by molar-refractivity contribution is 0.804. The first-order chi connectivity index (χ1) is 10.2. The van der Waals surface area contributed by atoms with Gasteiger partial charge in [-0.05, 0) is 18.9 Å². The number of aryl methyl sites for hydroxylation is 2. The molecule has 4 nitrogen and oxygen atoms in total. The van der Waals surface area contributed by atoms with Crippen molar-refractivity contribution in [3.63, 3.8) is 0 Å². The summed E-state index contributed by atoms with van der Waals surface area (Å²) >= 11 is 1.75. The van der Waals surface area contributed by atoms with Crippen molar-refractivity contribution in [2.45, 2.75) is 33.4 Å². The van der Waals surface area contributed by atoms with Crippen LogP contribution in [0.3, 0.4) is 0 Å². The molecule has 2 aromatic rings. The highest BCUT2D eigenvalue weighted by Gasteiger charge is 2.03. The number of nitrogens with one attached hydrogen (secondary N) is 2. The number of guanidine groups is 1. The van der Waals surface area contributed by atoms with Gasteiger partial charge in [-0.1, -0.05) is 36.8 Å². The number of benzene rings is 1. The van der Waals surface area contributed by atoms with E-state index in [0.717, 1.165) is 23.9 Å². The van der Waals surface area contributed by atoms with Crippen LogP contribution in [0.1, 0.15) is 27.9 Å². The molecule has 1 aromatic heterocycles. The van der Waals surface area contributed by atoms with Crippen LogP contribution in [0, 0.1) is 6.92 Å². The van der Waals surface area contributed by atoms with Gasteiger partial charge < -0.3 is 10.6 Å². The van der Waals surface area contributed by atoms with Crippen molar-refractivity contribution < 1.29 is 0 Å². The van der Waals surface area contributed by atoms with Crippen molar-refractivity contribution in [2.75, 3.05) is 7.05 Å².